The molecule has 4 aromatic rings. The van der Waals surface area contributed by atoms with Gasteiger partial charge in [-0.25, -0.2) is 31.9 Å². The molecule has 6 N–H and O–H groups in total. The van der Waals surface area contributed by atoms with Crippen molar-refractivity contribution in [1.82, 2.24) is 16.0 Å². The summed E-state index contributed by atoms with van der Waals surface area (Å²) < 4.78 is 96.4. The Morgan fingerprint density at radius 1 is 0.533 bits per heavy atom. The lowest BCUT2D eigenvalue weighted by Crippen LogP contribution is -2.41. The van der Waals surface area contributed by atoms with E-state index < -0.39 is 55.3 Å². The van der Waals surface area contributed by atoms with Gasteiger partial charge in [0.1, 0.15) is 89.5 Å². The standard InChI is InChI=1S/C18H28FNO4.C18H24FNO4.C14H22BrFO2Si.C10H17NO2.C8H8BrFO2/c2*1-5-15(20-17(22)24-18(2,3)4)8-6-13-12-14(19)7-9-16(13)23-11-10-21;1-14(2,3)19(4,5)18-9-8-17-13-7-6-11(16)10-12(13)15;1-6-8(7-2)11-9(12)13-10(3,4)5;9-7-5-6(10)1-2-8(7)12-4-3-11/h7,9,12,15,21H,5-6,8,10-11H2,1-4H3,(H,20,22);7,9,12,15,21H,5,10-11H2,1-4H3,(H,20,22);6-7,10H,8-9H2,1-5H3;1,8H,7H2,2-5H3,(H,11,12);1-2,5,11H,3-4H2/t2*15-;;8-;/m11.0./s1. The first-order chi connectivity index (χ1) is 42.7. The van der Waals surface area contributed by atoms with Gasteiger partial charge in [-0.3, -0.25) is 0 Å². The smallest absolute Gasteiger partial charge is 0.408 e. The van der Waals surface area contributed by atoms with E-state index in [2.05, 4.69) is 99.4 Å². The van der Waals surface area contributed by atoms with Gasteiger partial charge >= 0.3 is 18.3 Å². The molecule has 92 heavy (non-hydrogen) atoms. The van der Waals surface area contributed by atoms with Gasteiger partial charge in [0.05, 0.1) is 53.0 Å². The van der Waals surface area contributed by atoms with Crippen molar-refractivity contribution in [2.75, 3.05) is 52.9 Å². The predicted molar refractivity (Wildman–Crippen MR) is 362 cm³/mol. The van der Waals surface area contributed by atoms with Crippen LogP contribution in [0.25, 0.3) is 0 Å². The van der Waals surface area contributed by atoms with Crippen LogP contribution >= 0.6 is 31.9 Å². The first kappa shape index (κ1) is 85.7. The van der Waals surface area contributed by atoms with Gasteiger partial charge < -0.3 is 68.9 Å². The van der Waals surface area contributed by atoms with Crippen molar-refractivity contribution in [2.45, 2.75) is 189 Å². The number of amides is 3. The molecule has 3 amide bonds. The molecule has 0 saturated heterocycles. The Morgan fingerprint density at radius 2 is 0.913 bits per heavy atom. The third-order valence-electron chi connectivity index (χ3n) is 12.2. The van der Waals surface area contributed by atoms with Crippen LogP contribution in [0.2, 0.25) is 18.1 Å². The molecule has 0 aromatic heterocycles. The summed E-state index contributed by atoms with van der Waals surface area (Å²) >= 11 is 6.40. The van der Waals surface area contributed by atoms with Crippen molar-refractivity contribution in [3.8, 4) is 47.2 Å². The molecule has 4 rings (SSSR count). The number of ether oxygens (including phenoxy) is 7. The van der Waals surface area contributed by atoms with Gasteiger partial charge in [0.2, 0.25) is 0 Å². The summed E-state index contributed by atoms with van der Waals surface area (Å²) in [7, 11) is -1.72. The fraction of sp³-hybridized carbons (Fsp3) is 0.544. The van der Waals surface area contributed by atoms with Crippen molar-refractivity contribution in [1.29, 1.82) is 0 Å². The maximum Gasteiger partial charge on any atom is 0.408 e. The van der Waals surface area contributed by atoms with E-state index in [0.717, 1.165) is 6.42 Å². The van der Waals surface area contributed by atoms with Crippen LogP contribution in [0.15, 0.2) is 81.7 Å². The monoisotopic (exact) mass is 1440 g/mol. The van der Waals surface area contributed by atoms with Gasteiger partial charge in [0.25, 0.3) is 0 Å². The van der Waals surface area contributed by atoms with Crippen LogP contribution in [0.3, 0.4) is 0 Å². The lowest BCUT2D eigenvalue weighted by molar-refractivity contribution is 0.0492. The van der Waals surface area contributed by atoms with Crippen LogP contribution in [0.4, 0.5) is 31.9 Å². The van der Waals surface area contributed by atoms with Gasteiger partial charge in [-0.05, 0) is 223 Å². The number of nitrogens with one attached hydrogen (secondary N) is 3. The number of hydrogen-bond donors (Lipinski definition) is 6. The van der Waals surface area contributed by atoms with Crippen LogP contribution < -0.4 is 34.9 Å². The molecule has 0 aliphatic heterocycles. The molecule has 3 atom stereocenters. The van der Waals surface area contributed by atoms with Crippen LogP contribution in [0.5, 0.6) is 23.0 Å². The highest BCUT2D eigenvalue weighted by Crippen LogP contribution is 2.36. The molecule has 4 aromatic carbocycles. The molecular formula is C68H99Br2F4N3O14Si. The Hall–Kier alpha value is -6.25. The third kappa shape index (κ3) is 40.0. The lowest BCUT2D eigenvalue weighted by Gasteiger charge is -2.36. The Labute approximate surface area is 561 Å². The second-order valence-electron chi connectivity index (χ2n) is 24.7. The van der Waals surface area contributed by atoms with Crippen LogP contribution in [-0.2, 0) is 25.1 Å². The molecule has 0 spiro atoms. The average Bonchev–Trinajstić information content (AvgIpc) is 0.911. The minimum atomic E-state index is -1.72. The SMILES string of the molecule is C#C[C@@H](CC)NC(=O)OC(C)(C)C.CC(C)(C)[Si](C)(C)OCCOc1ccc(F)cc1Br.CC[C@H](C#Cc1cc(F)ccc1OCCO)NC(=O)OC(C)(C)C.CC[C@H](CCc1cc(F)ccc1OCCO)NC(=O)OC(C)(C)C.OCCOc1ccc(F)cc1Br. The Morgan fingerprint density at radius 3 is 1.32 bits per heavy atom. The number of aryl methyl sites for hydroxylation is 1. The zero-order valence-corrected chi connectivity index (χ0v) is 60.7. The van der Waals surface area contributed by atoms with Crippen molar-refractivity contribution in [2.24, 2.45) is 0 Å². The Balaban J connectivity index is 0.00000115. The molecule has 24 heteroatoms. The number of rotatable bonds is 23. The topological polar surface area (TPSA) is 222 Å². The summed E-state index contributed by atoms with van der Waals surface area (Å²) in [4.78, 5) is 34.8. The fourth-order valence-electron chi connectivity index (χ4n) is 6.67. The van der Waals surface area contributed by atoms with E-state index in [1.165, 1.54) is 60.7 Å². The van der Waals surface area contributed by atoms with Gasteiger partial charge in [-0.2, -0.15) is 0 Å². The van der Waals surface area contributed by atoms with E-state index in [4.69, 9.17) is 59.3 Å². The Kier molecular flexibility index (Phi) is 40.6. The molecule has 0 aliphatic rings. The molecule has 516 valence electrons. The van der Waals surface area contributed by atoms with Crippen molar-refractivity contribution < 1.29 is 84.8 Å². The highest BCUT2D eigenvalue weighted by molar-refractivity contribution is 9.11. The first-order valence-electron chi connectivity index (χ1n) is 30.2. The van der Waals surface area contributed by atoms with Crippen LogP contribution in [-0.4, -0.2) is 130 Å². The zero-order chi connectivity index (χ0) is 70.5. The fourth-order valence-corrected chi connectivity index (χ4v) is 8.63. The zero-order valence-electron chi connectivity index (χ0n) is 56.5. The van der Waals surface area contributed by atoms with Gasteiger partial charge in [0, 0.05) is 6.04 Å². The molecule has 17 nitrogen and oxygen atoms in total. The average molecular weight is 1450 g/mol. The molecular weight excluding hydrogens is 1350 g/mol. The van der Waals surface area contributed by atoms with E-state index in [1.807, 2.05) is 62.3 Å². The summed E-state index contributed by atoms with van der Waals surface area (Å²) in [6.45, 7) is 34.1. The number of hydrogen-bond acceptors (Lipinski definition) is 14. The van der Waals surface area contributed by atoms with Crippen molar-refractivity contribution in [3.05, 3.63) is 116 Å². The van der Waals surface area contributed by atoms with E-state index in [1.54, 1.807) is 32.9 Å². The molecule has 0 unspecified atom stereocenters. The van der Waals surface area contributed by atoms with E-state index in [-0.39, 0.29) is 74.2 Å². The van der Waals surface area contributed by atoms with Crippen molar-refractivity contribution >= 4 is 58.5 Å². The summed E-state index contributed by atoms with van der Waals surface area (Å²) in [5, 5.41) is 34.4. The minimum Gasteiger partial charge on any atom is -0.491 e. The second kappa shape index (κ2) is 43.6. The number of aliphatic hydroxyl groups excluding tert-OH is 3. The second-order valence-corrected chi connectivity index (χ2v) is 31.2. The van der Waals surface area contributed by atoms with Crippen LogP contribution in [0.1, 0.15) is 141 Å². The number of carbonyl (C=O) groups is 3. The molecule has 0 saturated carbocycles. The quantitative estimate of drug-likeness (QED) is 0.0134. The maximum atomic E-state index is 13.5. The lowest BCUT2D eigenvalue weighted by atomic mass is 10.0. The van der Waals surface area contributed by atoms with E-state index in [9.17, 15) is 31.9 Å². The number of carbonyl (C=O) groups excluding carboxylic acids is 3. The van der Waals surface area contributed by atoms with E-state index in [0.29, 0.717) is 82.0 Å². The first-order valence-corrected chi connectivity index (χ1v) is 34.7. The summed E-state index contributed by atoms with van der Waals surface area (Å²) in [6.07, 6.45) is 6.89. The normalized spacial score (nSPS) is 12.1. The number of benzene rings is 4. The molecule has 0 radical (unpaired) electrons. The largest absolute Gasteiger partial charge is 0.491 e. The number of aliphatic hydroxyl groups is 3. The molecule has 0 fully saturated rings. The van der Waals surface area contributed by atoms with Gasteiger partial charge in [-0.15, -0.1) is 6.42 Å². The van der Waals surface area contributed by atoms with E-state index >= 15 is 0 Å². The summed E-state index contributed by atoms with van der Waals surface area (Å²) in [6, 6.07) is 16.0. The third-order valence-corrected chi connectivity index (χ3v) is 17.9. The van der Waals surface area contributed by atoms with Crippen LogP contribution in [0, 0.1) is 47.5 Å². The predicted octanol–water partition coefficient (Wildman–Crippen LogP) is 15.2. The number of terminal acetylenes is 1. The highest BCUT2D eigenvalue weighted by atomic mass is 79.9. The molecule has 0 heterocycles. The Bertz CT molecular complexity index is 2940. The number of alkyl carbamates (subject to hydrolysis) is 3. The maximum absolute atomic E-state index is 13.5. The highest BCUT2D eigenvalue weighted by Gasteiger charge is 2.37. The molecule has 0 bridgehead atoms. The van der Waals surface area contributed by atoms with Crippen molar-refractivity contribution in [3.63, 3.8) is 0 Å². The number of halogens is 6. The van der Waals surface area contributed by atoms with Gasteiger partial charge in [0.15, 0.2) is 8.32 Å². The summed E-state index contributed by atoms with van der Waals surface area (Å²) in [5.41, 5.74) is -0.544. The molecule has 0 aliphatic carbocycles. The van der Waals surface area contributed by atoms with Gasteiger partial charge in [-0.1, -0.05) is 59.3 Å². The summed E-state index contributed by atoms with van der Waals surface area (Å²) in [5.74, 6) is 8.87. The minimum absolute atomic E-state index is 0.0518.